The minimum Gasteiger partial charge on any atom is -0.494 e. The van der Waals surface area contributed by atoms with Crippen molar-refractivity contribution in [3.8, 4) is 11.5 Å². The highest BCUT2D eigenvalue weighted by Gasteiger charge is 2.22. The number of rotatable bonds is 7. The summed E-state index contributed by atoms with van der Waals surface area (Å²) in [6, 6.07) is 4.43. The summed E-state index contributed by atoms with van der Waals surface area (Å²) in [4.78, 5) is 4.40. The fraction of sp³-hybridized carbons (Fsp3) is 0.565. The molecule has 172 valence electrons. The van der Waals surface area contributed by atoms with Crippen molar-refractivity contribution in [2.24, 2.45) is 12.0 Å². The molecule has 3 rings (SSSR count). The Hall–Kier alpha value is -1.97. The lowest BCUT2D eigenvalue weighted by Gasteiger charge is -2.19. The second-order valence-electron chi connectivity index (χ2n) is 8.08. The van der Waals surface area contributed by atoms with Gasteiger partial charge in [-0.2, -0.15) is 5.10 Å². The highest BCUT2D eigenvalue weighted by atomic mass is 127. The summed E-state index contributed by atoms with van der Waals surface area (Å²) in [5, 5.41) is 11.4. The molecular weight excluding hydrogens is 505 g/mol. The van der Waals surface area contributed by atoms with E-state index in [4.69, 9.17) is 9.47 Å². The number of nitrogens with one attached hydrogen (secondary N) is 2. The van der Waals surface area contributed by atoms with E-state index in [1.807, 2.05) is 18.7 Å². The highest BCUT2D eigenvalue weighted by molar-refractivity contribution is 14.0. The molecular formula is C23H36IN5O2. The zero-order chi connectivity index (χ0) is 21.8. The summed E-state index contributed by atoms with van der Waals surface area (Å²) in [5.74, 6) is 2.63. The van der Waals surface area contributed by atoms with Gasteiger partial charge in [0.1, 0.15) is 17.6 Å². The van der Waals surface area contributed by atoms with Gasteiger partial charge in [0.25, 0.3) is 0 Å². The van der Waals surface area contributed by atoms with E-state index in [1.54, 1.807) is 7.05 Å². The maximum Gasteiger partial charge on any atom is 0.191 e. The first-order chi connectivity index (χ1) is 14.3. The molecule has 0 spiro atoms. The van der Waals surface area contributed by atoms with Crippen molar-refractivity contribution >= 4 is 29.9 Å². The Morgan fingerprint density at radius 1 is 1.39 bits per heavy atom. The van der Waals surface area contributed by atoms with Crippen molar-refractivity contribution in [2.75, 3.05) is 13.7 Å². The zero-order valence-electron chi connectivity index (χ0n) is 19.7. The third-order valence-corrected chi connectivity index (χ3v) is 5.60. The number of nitrogens with zero attached hydrogens (tertiary/aromatic N) is 3. The molecule has 0 saturated carbocycles. The Morgan fingerprint density at radius 2 is 2.13 bits per heavy atom. The quantitative estimate of drug-likeness (QED) is 0.318. The minimum atomic E-state index is 0. The summed E-state index contributed by atoms with van der Waals surface area (Å²) in [6.45, 7) is 11.7. The van der Waals surface area contributed by atoms with Crippen LogP contribution in [0.4, 0.5) is 0 Å². The molecule has 0 saturated heterocycles. The number of hydrogen-bond acceptors (Lipinski definition) is 4. The van der Waals surface area contributed by atoms with E-state index in [2.05, 4.69) is 60.6 Å². The van der Waals surface area contributed by atoms with Gasteiger partial charge in [-0.1, -0.05) is 0 Å². The SMILES string of the molecule is CCOc1cc2c(cc1CNC(=NC)NC(C)Cc1c(C)nn(C)c1C)OC(C)C2.I. The van der Waals surface area contributed by atoms with E-state index in [0.29, 0.717) is 13.2 Å². The maximum atomic E-state index is 5.93. The lowest BCUT2D eigenvalue weighted by molar-refractivity contribution is 0.254. The van der Waals surface area contributed by atoms with E-state index < -0.39 is 0 Å². The molecule has 0 fully saturated rings. The van der Waals surface area contributed by atoms with Gasteiger partial charge in [0.05, 0.1) is 12.3 Å². The van der Waals surface area contributed by atoms with Crippen molar-refractivity contribution < 1.29 is 9.47 Å². The van der Waals surface area contributed by atoms with Gasteiger partial charge in [-0.3, -0.25) is 9.67 Å². The Labute approximate surface area is 203 Å². The molecule has 2 N–H and O–H groups in total. The standard InChI is InChI=1S/C23H35N5O2.HI/c1-8-29-21-11-18-10-15(3)30-22(18)12-19(21)13-25-23(24-6)26-14(2)9-20-16(4)27-28(7)17(20)5;/h11-12,14-15H,8-10,13H2,1-7H3,(H2,24,25,26);1H. The predicted molar refractivity (Wildman–Crippen MR) is 136 cm³/mol. The van der Waals surface area contributed by atoms with Crippen LogP contribution in [-0.2, 0) is 26.4 Å². The van der Waals surface area contributed by atoms with Crippen molar-refractivity contribution in [2.45, 2.75) is 66.2 Å². The molecule has 0 bridgehead atoms. The predicted octanol–water partition coefficient (Wildman–Crippen LogP) is 3.67. The van der Waals surface area contributed by atoms with Crippen LogP contribution in [0.3, 0.4) is 0 Å². The topological polar surface area (TPSA) is 72.7 Å². The summed E-state index contributed by atoms with van der Waals surface area (Å²) >= 11 is 0. The zero-order valence-corrected chi connectivity index (χ0v) is 22.0. The largest absolute Gasteiger partial charge is 0.494 e. The molecule has 1 aliphatic heterocycles. The second kappa shape index (κ2) is 11.1. The van der Waals surface area contributed by atoms with Crippen molar-refractivity contribution in [1.29, 1.82) is 0 Å². The van der Waals surface area contributed by atoms with Crippen molar-refractivity contribution in [3.63, 3.8) is 0 Å². The molecule has 0 radical (unpaired) electrons. The third-order valence-electron chi connectivity index (χ3n) is 5.60. The van der Waals surface area contributed by atoms with E-state index >= 15 is 0 Å². The maximum absolute atomic E-state index is 5.93. The Morgan fingerprint density at radius 3 is 2.74 bits per heavy atom. The molecule has 7 nitrogen and oxygen atoms in total. The Balaban J connectivity index is 0.00000341. The van der Waals surface area contributed by atoms with Crippen LogP contribution >= 0.6 is 24.0 Å². The normalized spacial score (nSPS) is 16.2. The molecule has 1 aromatic carbocycles. The van der Waals surface area contributed by atoms with Crippen LogP contribution in [-0.4, -0.2) is 41.5 Å². The number of benzene rings is 1. The molecule has 31 heavy (non-hydrogen) atoms. The van der Waals surface area contributed by atoms with E-state index in [9.17, 15) is 0 Å². The molecule has 2 aromatic rings. The van der Waals surface area contributed by atoms with Gasteiger partial charge in [0.15, 0.2) is 5.96 Å². The smallest absolute Gasteiger partial charge is 0.191 e. The van der Waals surface area contributed by atoms with Gasteiger partial charge in [-0.25, -0.2) is 0 Å². The molecule has 1 aliphatic rings. The lowest BCUT2D eigenvalue weighted by Crippen LogP contribution is -2.42. The van der Waals surface area contributed by atoms with Crippen LogP contribution in [0, 0.1) is 13.8 Å². The number of ether oxygens (including phenoxy) is 2. The highest BCUT2D eigenvalue weighted by Crippen LogP contribution is 2.35. The van der Waals surface area contributed by atoms with Crippen LogP contribution in [0.1, 0.15) is 48.8 Å². The van der Waals surface area contributed by atoms with Crippen LogP contribution in [0.15, 0.2) is 17.1 Å². The van der Waals surface area contributed by atoms with E-state index in [1.165, 1.54) is 16.8 Å². The number of aliphatic imine (C=N–C) groups is 1. The van der Waals surface area contributed by atoms with Gasteiger partial charge >= 0.3 is 0 Å². The lowest BCUT2D eigenvalue weighted by atomic mass is 10.1. The molecule has 2 atom stereocenters. The number of fused-ring (bicyclic) bond motifs is 1. The van der Waals surface area contributed by atoms with Crippen LogP contribution in [0.25, 0.3) is 0 Å². The number of guanidine groups is 1. The van der Waals surface area contributed by atoms with Gasteiger partial charge in [0.2, 0.25) is 0 Å². The minimum absolute atomic E-state index is 0. The van der Waals surface area contributed by atoms with Crippen LogP contribution in [0.2, 0.25) is 0 Å². The fourth-order valence-electron chi connectivity index (χ4n) is 3.99. The summed E-state index contributed by atoms with van der Waals surface area (Å²) < 4.78 is 13.8. The number of halogens is 1. The van der Waals surface area contributed by atoms with Gasteiger partial charge in [-0.15, -0.1) is 24.0 Å². The second-order valence-corrected chi connectivity index (χ2v) is 8.08. The average molecular weight is 541 g/mol. The molecule has 0 amide bonds. The first-order valence-corrected chi connectivity index (χ1v) is 10.7. The van der Waals surface area contributed by atoms with E-state index in [-0.39, 0.29) is 36.1 Å². The van der Waals surface area contributed by atoms with Crippen molar-refractivity contribution in [3.05, 3.63) is 40.2 Å². The fourth-order valence-corrected chi connectivity index (χ4v) is 3.99. The third kappa shape index (κ3) is 6.05. The molecule has 2 heterocycles. The van der Waals surface area contributed by atoms with Gasteiger partial charge < -0.3 is 20.1 Å². The number of hydrogen-bond donors (Lipinski definition) is 2. The van der Waals surface area contributed by atoms with Crippen LogP contribution in [0.5, 0.6) is 11.5 Å². The average Bonchev–Trinajstić information content (AvgIpc) is 3.17. The van der Waals surface area contributed by atoms with Crippen molar-refractivity contribution in [1.82, 2.24) is 20.4 Å². The molecule has 1 aromatic heterocycles. The monoisotopic (exact) mass is 541 g/mol. The van der Waals surface area contributed by atoms with E-state index in [0.717, 1.165) is 41.6 Å². The molecule has 0 aliphatic carbocycles. The Kier molecular flexibility index (Phi) is 9.02. The summed E-state index contributed by atoms with van der Waals surface area (Å²) in [7, 11) is 3.78. The van der Waals surface area contributed by atoms with Gasteiger partial charge in [0, 0.05) is 49.9 Å². The molecule has 8 heteroatoms. The van der Waals surface area contributed by atoms with Gasteiger partial charge in [-0.05, 0) is 58.7 Å². The summed E-state index contributed by atoms with van der Waals surface area (Å²) in [5.41, 5.74) is 5.86. The molecule has 2 unspecified atom stereocenters. The van der Waals surface area contributed by atoms with Crippen LogP contribution < -0.4 is 20.1 Å². The first-order valence-electron chi connectivity index (χ1n) is 10.7. The number of aromatic nitrogens is 2. The summed E-state index contributed by atoms with van der Waals surface area (Å²) in [6.07, 6.45) is 2.03. The first kappa shape index (κ1) is 25.3. The number of aryl methyl sites for hydroxylation is 2. The Bertz CT molecular complexity index is 925.